The molecule has 15 heavy (non-hydrogen) atoms. The average Bonchev–Trinajstić information content (AvgIpc) is 2.68. The largest absolute Gasteiger partial charge is 0.462 e. The number of ether oxygens (including phenoxy) is 1. The van der Waals surface area contributed by atoms with Crippen molar-refractivity contribution in [3.63, 3.8) is 0 Å². The number of fused-ring (bicyclic) bond motifs is 1. The first-order valence-corrected chi connectivity index (χ1v) is 5.15. The van der Waals surface area contributed by atoms with Gasteiger partial charge in [0, 0.05) is 0 Å². The van der Waals surface area contributed by atoms with E-state index in [1.54, 1.807) is 19.1 Å². The van der Waals surface area contributed by atoms with Crippen molar-refractivity contribution in [3.8, 4) is 0 Å². The van der Waals surface area contributed by atoms with Crippen molar-refractivity contribution in [2.45, 2.75) is 6.92 Å². The van der Waals surface area contributed by atoms with Gasteiger partial charge in [-0.2, -0.15) is 8.75 Å². The Morgan fingerprint density at radius 2 is 2.20 bits per heavy atom. The van der Waals surface area contributed by atoms with E-state index in [0.29, 0.717) is 28.9 Å². The molecule has 78 valence electrons. The van der Waals surface area contributed by atoms with Gasteiger partial charge in [-0.25, -0.2) is 4.79 Å². The predicted molar refractivity (Wildman–Crippen MR) is 57.8 cm³/mol. The minimum atomic E-state index is -0.393. The average molecular weight is 223 g/mol. The molecule has 2 aromatic rings. The Balaban J connectivity index is 2.57. The molecule has 0 saturated carbocycles. The first-order chi connectivity index (χ1) is 7.24. The third kappa shape index (κ3) is 1.63. The Labute approximate surface area is 90.2 Å². The summed E-state index contributed by atoms with van der Waals surface area (Å²) in [5, 5.41) is 0. The molecule has 0 spiro atoms. The minimum absolute atomic E-state index is 0.336. The molecule has 2 rings (SSSR count). The van der Waals surface area contributed by atoms with Crippen LogP contribution in [0.2, 0.25) is 0 Å². The van der Waals surface area contributed by atoms with Crippen LogP contribution in [-0.4, -0.2) is 21.3 Å². The summed E-state index contributed by atoms with van der Waals surface area (Å²) in [6.45, 7) is 2.09. The zero-order valence-corrected chi connectivity index (χ0v) is 8.87. The van der Waals surface area contributed by atoms with Gasteiger partial charge in [0.05, 0.1) is 29.6 Å². The second-order valence-corrected chi connectivity index (χ2v) is 3.41. The molecule has 0 aliphatic carbocycles. The molecule has 0 bridgehead atoms. The lowest BCUT2D eigenvalue weighted by Crippen LogP contribution is -2.05. The van der Waals surface area contributed by atoms with Crippen molar-refractivity contribution in [1.29, 1.82) is 0 Å². The van der Waals surface area contributed by atoms with Gasteiger partial charge in [-0.3, -0.25) is 0 Å². The first-order valence-electron chi connectivity index (χ1n) is 4.42. The van der Waals surface area contributed by atoms with Crippen molar-refractivity contribution in [2.75, 3.05) is 12.3 Å². The van der Waals surface area contributed by atoms with Crippen LogP contribution in [0.4, 0.5) is 5.69 Å². The van der Waals surface area contributed by atoms with Crippen LogP contribution in [0.3, 0.4) is 0 Å². The highest BCUT2D eigenvalue weighted by Gasteiger charge is 2.15. The number of aromatic nitrogens is 2. The van der Waals surface area contributed by atoms with Crippen LogP contribution in [0.25, 0.3) is 11.0 Å². The van der Waals surface area contributed by atoms with Gasteiger partial charge in [0.1, 0.15) is 11.0 Å². The van der Waals surface area contributed by atoms with Gasteiger partial charge in [0.2, 0.25) is 0 Å². The zero-order valence-electron chi connectivity index (χ0n) is 8.06. The Bertz CT molecular complexity index is 509. The van der Waals surface area contributed by atoms with Crippen LogP contribution in [-0.2, 0) is 4.74 Å². The monoisotopic (exact) mass is 223 g/mol. The maximum atomic E-state index is 11.5. The lowest BCUT2D eigenvalue weighted by atomic mass is 10.1. The fraction of sp³-hybridized carbons (Fsp3) is 0.222. The lowest BCUT2D eigenvalue weighted by Gasteiger charge is -2.02. The predicted octanol–water partition coefficient (Wildman–Crippen LogP) is 1.45. The molecular formula is C9H9N3O2S. The fourth-order valence-electron chi connectivity index (χ4n) is 1.26. The van der Waals surface area contributed by atoms with Gasteiger partial charge in [-0.05, 0) is 19.1 Å². The molecule has 0 unspecified atom stereocenters. The summed E-state index contributed by atoms with van der Waals surface area (Å²) in [5.74, 6) is -0.393. The summed E-state index contributed by atoms with van der Waals surface area (Å²) >= 11 is 1.03. The highest BCUT2D eigenvalue weighted by molar-refractivity contribution is 7.00. The van der Waals surface area contributed by atoms with Gasteiger partial charge in [0.15, 0.2) is 0 Å². The van der Waals surface area contributed by atoms with Crippen LogP contribution in [0.5, 0.6) is 0 Å². The summed E-state index contributed by atoms with van der Waals surface area (Å²) in [6.07, 6.45) is 0. The van der Waals surface area contributed by atoms with E-state index in [0.717, 1.165) is 11.7 Å². The van der Waals surface area contributed by atoms with Gasteiger partial charge in [0.25, 0.3) is 0 Å². The number of benzene rings is 1. The molecule has 1 aromatic heterocycles. The number of rotatable bonds is 2. The summed E-state index contributed by atoms with van der Waals surface area (Å²) in [5.41, 5.74) is 7.70. The molecule has 2 N–H and O–H groups in total. The second-order valence-electron chi connectivity index (χ2n) is 2.88. The van der Waals surface area contributed by atoms with Gasteiger partial charge >= 0.3 is 5.97 Å². The Morgan fingerprint density at radius 3 is 2.93 bits per heavy atom. The smallest absolute Gasteiger partial charge is 0.340 e. The SMILES string of the molecule is CCOC(=O)c1ccc(N)c2nsnc12. The minimum Gasteiger partial charge on any atom is -0.462 e. The highest BCUT2D eigenvalue weighted by Crippen LogP contribution is 2.23. The van der Waals surface area contributed by atoms with Crippen LogP contribution in [0.15, 0.2) is 12.1 Å². The molecule has 5 nitrogen and oxygen atoms in total. The van der Waals surface area contributed by atoms with Gasteiger partial charge in [-0.1, -0.05) is 0 Å². The molecule has 1 aromatic carbocycles. The number of nitrogens with two attached hydrogens (primary N) is 1. The third-order valence-electron chi connectivity index (χ3n) is 1.94. The quantitative estimate of drug-likeness (QED) is 0.615. The van der Waals surface area contributed by atoms with Crippen molar-refractivity contribution in [3.05, 3.63) is 17.7 Å². The first kappa shape index (κ1) is 9.85. The fourth-order valence-corrected chi connectivity index (χ4v) is 1.84. The zero-order chi connectivity index (χ0) is 10.8. The number of anilines is 1. The topological polar surface area (TPSA) is 78.1 Å². The maximum absolute atomic E-state index is 11.5. The molecule has 0 amide bonds. The highest BCUT2D eigenvalue weighted by atomic mass is 32.1. The van der Waals surface area contributed by atoms with Crippen molar-refractivity contribution < 1.29 is 9.53 Å². The number of carbonyl (C=O) groups excluding carboxylic acids is 1. The Hall–Kier alpha value is -1.69. The van der Waals surface area contributed by atoms with Gasteiger partial charge in [-0.15, -0.1) is 0 Å². The maximum Gasteiger partial charge on any atom is 0.340 e. The van der Waals surface area contributed by atoms with E-state index in [2.05, 4.69) is 8.75 Å². The molecule has 0 aliphatic heterocycles. The molecule has 0 aliphatic rings. The van der Waals surface area contributed by atoms with E-state index in [1.165, 1.54) is 0 Å². The summed E-state index contributed by atoms with van der Waals surface area (Å²) in [4.78, 5) is 11.5. The number of hydrogen-bond donors (Lipinski definition) is 1. The van der Waals surface area contributed by atoms with E-state index >= 15 is 0 Å². The molecule has 0 atom stereocenters. The second kappa shape index (κ2) is 3.82. The molecule has 1 heterocycles. The molecule has 0 saturated heterocycles. The summed E-state index contributed by atoms with van der Waals surface area (Å²) in [7, 11) is 0. The summed E-state index contributed by atoms with van der Waals surface area (Å²) in [6, 6.07) is 3.24. The molecule has 6 heteroatoms. The van der Waals surface area contributed by atoms with Crippen LogP contribution >= 0.6 is 11.7 Å². The van der Waals surface area contributed by atoms with Crippen LogP contribution in [0, 0.1) is 0 Å². The van der Waals surface area contributed by atoms with Crippen molar-refractivity contribution in [2.24, 2.45) is 0 Å². The molecule has 0 radical (unpaired) electrons. The van der Waals surface area contributed by atoms with Gasteiger partial charge < -0.3 is 10.5 Å². The number of carbonyl (C=O) groups is 1. The summed E-state index contributed by atoms with van der Waals surface area (Å²) < 4.78 is 13.0. The normalized spacial score (nSPS) is 10.5. The van der Waals surface area contributed by atoms with E-state index in [9.17, 15) is 4.79 Å². The Morgan fingerprint density at radius 1 is 1.47 bits per heavy atom. The van der Waals surface area contributed by atoms with E-state index in [4.69, 9.17) is 10.5 Å². The lowest BCUT2D eigenvalue weighted by molar-refractivity contribution is 0.0528. The third-order valence-corrected chi connectivity index (χ3v) is 2.47. The number of hydrogen-bond acceptors (Lipinski definition) is 6. The van der Waals surface area contributed by atoms with Crippen LogP contribution < -0.4 is 5.73 Å². The standard InChI is InChI=1S/C9H9N3O2S/c1-2-14-9(13)5-3-4-6(10)8-7(5)11-15-12-8/h3-4H,2,10H2,1H3. The van der Waals surface area contributed by atoms with Crippen molar-refractivity contribution >= 4 is 34.4 Å². The van der Waals surface area contributed by atoms with E-state index in [-0.39, 0.29) is 0 Å². The van der Waals surface area contributed by atoms with Crippen molar-refractivity contribution in [1.82, 2.24) is 8.75 Å². The van der Waals surface area contributed by atoms with Crippen LogP contribution in [0.1, 0.15) is 17.3 Å². The van der Waals surface area contributed by atoms with E-state index < -0.39 is 5.97 Å². The molecular weight excluding hydrogens is 214 g/mol. The molecule has 0 fully saturated rings. The number of nitrogens with zero attached hydrogens (tertiary/aromatic N) is 2. The van der Waals surface area contributed by atoms with E-state index in [1.807, 2.05) is 0 Å². The Kier molecular flexibility index (Phi) is 2.51. The number of esters is 1. The number of nitrogen functional groups attached to an aromatic ring is 1.